The van der Waals surface area contributed by atoms with Crippen molar-refractivity contribution in [3.63, 3.8) is 0 Å². The molecule has 0 aromatic heterocycles. The van der Waals surface area contributed by atoms with E-state index in [4.69, 9.17) is 25.5 Å². The first-order valence-electron chi connectivity index (χ1n) is 8.54. The first kappa shape index (κ1) is 21.9. The van der Waals surface area contributed by atoms with Crippen molar-refractivity contribution >= 4 is 25.5 Å². The van der Waals surface area contributed by atoms with E-state index < -0.39 is 29.2 Å². The van der Waals surface area contributed by atoms with Crippen molar-refractivity contribution in [2.45, 2.75) is 37.7 Å². The van der Waals surface area contributed by atoms with Gasteiger partial charge in [0.1, 0.15) is 5.60 Å². The Bertz CT molecular complexity index is 671. The van der Waals surface area contributed by atoms with Gasteiger partial charge in [0, 0.05) is 0 Å². The first-order valence-corrected chi connectivity index (χ1v) is 18.0. The van der Waals surface area contributed by atoms with Crippen LogP contribution in [-0.4, -0.2) is 5.11 Å². The van der Waals surface area contributed by atoms with Crippen molar-refractivity contribution in [3.05, 3.63) is 71.8 Å². The number of benzene rings is 2. The zero-order valence-electron chi connectivity index (χ0n) is 14.3. The summed E-state index contributed by atoms with van der Waals surface area (Å²) in [5.74, 6) is 0. The maximum absolute atomic E-state index is 11.8. The van der Waals surface area contributed by atoms with Gasteiger partial charge in [0.25, 0.3) is 0 Å². The minimum atomic E-state index is -2.13. The third kappa shape index (κ3) is 4.92. The van der Waals surface area contributed by atoms with Gasteiger partial charge in [0.15, 0.2) is 0 Å². The van der Waals surface area contributed by atoms with Crippen molar-refractivity contribution in [1.29, 1.82) is 5.26 Å². The summed E-state index contributed by atoms with van der Waals surface area (Å²) >= 11 is -2.13. The molecule has 0 unspecified atom stereocenters. The Labute approximate surface area is 174 Å². The van der Waals surface area contributed by atoms with Crippen LogP contribution in [0.15, 0.2) is 60.7 Å². The maximum atomic E-state index is 11.8. The van der Waals surface area contributed by atoms with Gasteiger partial charge in [-0.15, -0.1) is 0 Å². The van der Waals surface area contributed by atoms with Crippen molar-refractivity contribution in [1.82, 2.24) is 0 Å². The van der Waals surface area contributed by atoms with Crippen LogP contribution in [0.4, 0.5) is 0 Å². The molecule has 1 saturated carbocycles. The summed E-state index contributed by atoms with van der Waals surface area (Å²) in [5, 5.41) is 21.8. The molecular formula is C20H21Cl3NOZr. The summed E-state index contributed by atoms with van der Waals surface area (Å²) in [5.41, 5.74) is -0.396. The Kier molecular flexibility index (Phi) is 8.66. The van der Waals surface area contributed by atoms with E-state index in [-0.39, 0.29) is 0 Å². The van der Waals surface area contributed by atoms with Gasteiger partial charge >= 0.3 is 43.7 Å². The molecule has 6 heteroatoms. The van der Waals surface area contributed by atoms with Gasteiger partial charge in [-0.05, 0) is 24.0 Å². The van der Waals surface area contributed by atoms with Gasteiger partial charge in [-0.2, -0.15) is 5.26 Å². The van der Waals surface area contributed by atoms with E-state index in [0.717, 1.165) is 43.2 Å². The molecule has 0 saturated heterocycles. The van der Waals surface area contributed by atoms with Crippen molar-refractivity contribution in [2.75, 3.05) is 0 Å². The molecule has 1 aliphatic carbocycles. The fraction of sp³-hybridized carbons (Fsp3) is 0.350. The fourth-order valence-electron chi connectivity index (χ4n) is 3.79. The van der Waals surface area contributed by atoms with E-state index in [1.807, 2.05) is 60.7 Å². The minimum absolute atomic E-state index is 0.740. The monoisotopic (exact) mass is 486 g/mol. The zero-order chi connectivity index (χ0) is 19.0. The summed E-state index contributed by atoms with van der Waals surface area (Å²) in [4.78, 5) is 0. The van der Waals surface area contributed by atoms with Gasteiger partial charge in [0.05, 0.1) is 11.5 Å². The van der Waals surface area contributed by atoms with Crippen molar-refractivity contribution in [3.8, 4) is 6.07 Å². The fourth-order valence-corrected chi connectivity index (χ4v) is 3.79. The predicted octanol–water partition coefficient (Wildman–Crippen LogP) is 6.46. The molecule has 0 spiro atoms. The molecule has 3 rings (SSSR count). The molecule has 137 valence electrons. The summed E-state index contributed by atoms with van der Waals surface area (Å²) < 4.78 is 0. The number of halogens is 3. The number of aliphatic hydroxyl groups is 1. The van der Waals surface area contributed by atoms with Crippen LogP contribution in [-0.2, 0) is 23.8 Å². The number of nitriles is 1. The van der Waals surface area contributed by atoms with Crippen LogP contribution in [0.25, 0.3) is 0 Å². The SMILES string of the molecule is N#CC1(C(O)(c2ccccc2)c2ccccc2)CCCCC1.[Cl][Zr]([Cl])[Cl]. The van der Waals surface area contributed by atoms with E-state index in [9.17, 15) is 10.4 Å². The molecule has 1 N–H and O–H groups in total. The van der Waals surface area contributed by atoms with Crippen LogP contribution in [0.5, 0.6) is 0 Å². The van der Waals surface area contributed by atoms with Crippen molar-refractivity contribution in [2.24, 2.45) is 5.41 Å². The zero-order valence-corrected chi connectivity index (χ0v) is 19.1. The number of rotatable bonds is 3. The molecule has 1 aliphatic rings. The van der Waals surface area contributed by atoms with Crippen LogP contribution in [0.3, 0.4) is 0 Å². The molecule has 0 radical (unpaired) electrons. The van der Waals surface area contributed by atoms with Gasteiger partial charge in [-0.3, -0.25) is 0 Å². The Balaban J connectivity index is 0.000000552. The quantitative estimate of drug-likeness (QED) is 0.538. The molecule has 26 heavy (non-hydrogen) atoms. The third-order valence-corrected chi connectivity index (χ3v) is 5.00. The average molecular weight is 489 g/mol. The Morgan fingerprint density at radius 3 is 1.58 bits per heavy atom. The number of hydrogen-bond donors (Lipinski definition) is 1. The Hall–Kier alpha value is -0.357. The van der Waals surface area contributed by atoms with Gasteiger partial charge in [-0.1, -0.05) is 79.9 Å². The number of hydrogen-bond acceptors (Lipinski definition) is 2. The summed E-state index contributed by atoms with van der Waals surface area (Å²) in [6.07, 6.45) is 4.61. The molecule has 0 heterocycles. The van der Waals surface area contributed by atoms with E-state index in [1.165, 1.54) is 0 Å². The van der Waals surface area contributed by atoms with E-state index in [1.54, 1.807) is 0 Å². The second kappa shape index (κ2) is 10.3. The second-order valence-electron chi connectivity index (χ2n) is 6.41. The second-order valence-corrected chi connectivity index (χ2v) is 17.6. The summed E-state index contributed by atoms with van der Waals surface area (Å²) in [7, 11) is 15.0. The third-order valence-electron chi connectivity index (χ3n) is 5.00. The van der Waals surface area contributed by atoms with Gasteiger partial charge < -0.3 is 5.11 Å². The van der Waals surface area contributed by atoms with Crippen LogP contribution >= 0.6 is 25.5 Å². The van der Waals surface area contributed by atoms with E-state index in [0.29, 0.717) is 0 Å². The van der Waals surface area contributed by atoms with E-state index in [2.05, 4.69) is 6.07 Å². The van der Waals surface area contributed by atoms with E-state index >= 15 is 0 Å². The molecule has 0 aliphatic heterocycles. The molecule has 2 aromatic rings. The molecule has 0 atom stereocenters. The Morgan fingerprint density at radius 2 is 1.23 bits per heavy atom. The van der Waals surface area contributed by atoms with Crippen molar-refractivity contribution < 1.29 is 23.3 Å². The van der Waals surface area contributed by atoms with Crippen LogP contribution in [0.2, 0.25) is 0 Å². The molecule has 2 nitrogen and oxygen atoms in total. The van der Waals surface area contributed by atoms with Gasteiger partial charge in [0.2, 0.25) is 0 Å². The van der Waals surface area contributed by atoms with Crippen LogP contribution < -0.4 is 0 Å². The summed E-state index contributed by atoms with van der Waals surface area (Å²) in [6, 6.07) is 21.8. The van der Waals surface area contributed by atoms with Gasteiger partial charge in [-0.25, -0.2) is 0 Å². The molecule has 1 fully saturated rings. The molecular weight excluding hydrogens is 468 g/mol. The van der Waals surface area contributed by atoms with Crippen LogP contribution in [0, 0.1) is 16.7 Å². The molecule has 0 amide bonds. The predicted molar refractivity (Wildman–Crippen MR) is 105 cm³/mol. The standard InChI is InChI=1S/C20H21NO.3ClH.Zr/c21-16-19(14-8-3-9-15-19)20(22,17-10-4-1-5-11-17)18-12-6-2-7-13-18;;;;/h1-2,4-7,10-13,22H,3,8-9,14-15H2;3*1H;/q;;;;+3/p-3. The molecule has 2 aromatic carbocycles. The summed E-state index contributed by atoms with van der Waals surface area (Å²) in [6.45, 7) is 0. The first-order chi connectivity index (χ1) is 12.5. The number of nitrogens with zero attached hydrogens (tertiary/aromatic N) is 1. The topological polar surface area (TPSA) is 44.0 Å². The normalized spacial score (nSPS) is 16.0. The Morgan fingerprint density at radius 1 is 0.846 bits per heavy atom. The molecule has 0 bridgehead atoms. The average Bonchev–Trinajstić information content (AvgIpc) is 2.68. The van der Waals surface area contributed by atoms with Crippen LogP contribution in [0.1, 0.15) is 43.2 Å².